The number of hydrogen-bond acceptors (Lipinski definition) is 2. The second kappa shape index (κ2) is 8.63. The van der Waals surface area contributed by atoms with E-state index in [9.17, 15) is 4.79 Å². The molecule has 4 nitrogen and oxygen atoms in total. The maximum Gasteiger partial charge on any atom is 0.272 e. The monoisotopic (exact) mass is 413 g/mol. The van der Waals surface area contributed by atoms with Crippen LogP contribution in [0.5, 0.6) is 0 Å². The molecule has 1 N–H and O–H groups in total. The molecule has 144 valence electrons. The van der Waals surface area contributed by atoms with Crippen LogP contribution in [0, 0.1) is 5.92 Å². The zero-order valence-electron chi connectivity index (χ0n) is 15.7. The van der Waals surface area contributed by atoms with Gasteiger partial charge in [0, 0.05) is 22.7 Å². The van der Waals surface area contributed by atoms with Crippen LogP contribution in [0.3, 0.4) is 0 Å². The van der Waals surface area contributed by atoms with Crippen molar-refractivity contribution in [2.45, 2.75) is 13.8 Å². The fourth-order valence-electron chi connectivity index (χ4n) is 2.86. The van der Waals surface area contributed by atoms with Crippen LogP contribution in [-0.4, -0.2) is 22.2 Å². The number of nitrogens with zero attached hydrogens (tertiary/aromatic N) is 2. The van der Waals surface area contributed by atoms with Gasteiger partial charge in [-0.1, -0.05) is 74.0 Å². The Labute approximate surface area is 174 Å². The summed E-state index contributed by atoms with van der Waals surface area (Å²) in [7, 11) is 0. The van der Waals surface area contributed by atoms with Gasteiger partial charge in [-0.3, -0.25) is 4.79 Å². The van der Waals surface area contributed by atoms with Gasteiger partial charge in [-0.05, 0) is 30.2 Å². The number of nitrogens with one attached hydrogen (secondary N) is 1. The molecule has 1 amide bonds. The molecule has 0 bridgehead atoms. The average Bonchev–Trinajstić information content (AvgIpc) is 3.06. The molecule has 2 aromatic carbocycles. The number of amides is 1. The minimum atomic E-state index is -0.246. The molecular weight excluding hydrogens is 393 g/mol. The number of rotatable bonds is 6. The lowest BCUT2D eigenvalue weighted by molar-refractivity contribution is 0.0943. The Balaban J connectivity index is 2.22. The fraction of sp³-hybridized carbons (Fsp3) is 0.182. The molecule has 0 aliphatic rings. The lowest BCUT2D eigenvalue weighted by Crippen LogP contribution is -2.28. The van der Waals surface area contributed by atoms with Crippen LogP contribution in [0.4, 0.5) is 0 Å². The quantitative estimate of drug-likeness (QED) is 0.548. The predicted octanol–water partition coefficient (Wildman–Crippen LogP) is 5.87. The van der Waals surface area contributed by atoms with E-state index in [0.717, 1.165) is 11.3 Å². The van der Waals surface area contributed by atoms with E-state index in [-0.39, 0.29) is 5.91 Å². The highest BCUT2D eigenvalue weighted by molar-refractivity contribution is 6.32. The van der Waals surface area contributed by atoms with E-state index >= 15 is 0 Å². The van der Waals surface area contributed by atoms with Crippen molar-refractivity contribution in [1.29, 1.82) is 0 Å². The van der Waals surface area contributed by atoms with Crippen molar-refractivity contribution in [3.05, 3.63) is 76.4 Å². The van der Waals surface area contributed by atoms with Gasteiger partial charge in [0.2, 0.25) is 0 Å². The number of halogens is 2. The van der Waals surface area contributed by atoms with E-state index in [1.165, 1.54) is 0 Å². The van der Waals surface area contributed by atoms with Crippen molar-refractivity contribution in [3.8, 4) is 16.9 Å². The van der Waals surface area contributed by atoms with Gasteiger partial charge in [-0.15, -0.1) is 0 Å². The third kappa shape index (κ3) is 4.13. The molecule has 6 heteroatoms. The smallest absolute Gasteiger partial charge is 0.272 e. The van der Waals surface area contributed by atoms with Gasteiger partial charge in [-0.2, -0.15) is 5.10 Å². The van der Waals surface area contributed by atoms with Gasteiger partial charge in [0.25, 0.3) is 5.91 Å². The molecule has 3 rings (SSSR count). The van der Waals surface area contributed by atoms with Crippen LogP contribution in [0.15, 0.2) is 55.1 Å². The first-order chi connectivity index (χ1) is 13.4. The Morgan fingerprint density at radius 3 is 2.46 bits per heavy atom. The number of carbonyl (C=O) groups excluding carboxylic acids is 1. The lowest BCUT2D eigenvalue weighted by atomic mass is 10.0. The van der Waals surface area contributed by atoms with Crippen molar-refractivity contribution < 1.29 is 4.79 Å². The molecule has 0 aliphatic carbocycles. The third-order valence-corrected chi connectivity index (χ3v) is 4.78. The molecule has 0 radical (unpaired) electrons. The third-order valence-electron chi connectivity index (χ3n) is 4.21. The molecule has 0 saturated carbocycles. The molecule has 0 fully saturated rings. The molecule has 1 aromatic heterocycles. The summed E-state index contributed by atoms with van der Waals surface area (Å²) in [6.45, 7) is 8.55. The first kappa shape index (κ1) is 20.2. The molecule has 0 spiro atoms. The van der Waals surface area contributed by atoms with Crippen LogP contribution in [0.2, 0.25) is 10.0 Å². The minimum Gasteiger partial charge on any atom is -0.350 e. The summed E-state index contributed by atoms with van der Waals surface area (Å²) in [6.07, 6.45) is 1.65. The summed E-state index contributed by atoms with van der Waals surface area (Å²) in [6, 6.07) is 14.7. The largest absolute Gasteiger partial charge is 0.350 e. The van der Waals surface area contributed by atoms with Crippen LogP contribution in [-0.2, 0) is 0 Å². The van der Waals surface area contributed by atoms with Crippen molar-refractivity contribution >= 4 is 35.2 Å². The minimum absolute atomic E-state index is 0.246. The van der Waals surface area contributed by atoms with Crippen molar-refractivity contribution in [2.24, 2.45) is 5.92 Å². The summed E-state index contributed by atoms with van der Waals surface area (Å²) in [5.74, 6) is 0.0853. The summed E-state index contributed by atoms with van der Waals surface area (Å²) in [5.41, 5.74) is 3.22. The molecule has 1 heterocycles. The number of para-hydroxylation sites is 1. The molecule has 0 unspecified atom stereocenters. The van der Waals surface area contributed by atoms with Crippen molar-refractivity contribution in [3.63, 3.8) is 0 Å². The van der Waals surface area contributed by atoms with Crippen LogP contribution in [0.1, 0.15) is 29.9 Å². The van der Waals surface area contributed by atoms with Crippen molar-refractivity contribution in [1.82, 2.24) is 15.1 Å². The summed E-state index contributed by atoms with van der Waals surface area (Å²) < 4.78 is 1.69. The number of benzene rings is 2. The Bertz CT molecular complexity index is 1010. The topological polar surface area (TPSA) is 46.9 Å². The summed E-state index contributed by atoms with van der Waals surface area (Å²) in [5, 5.41) is 8.69. The standard InChI is InChI=1S/C22H21Cl2N3O/c1-4-17-20(22(28)25-13-14(2)3)26-27(19-8-6-5-7-18(19)24)21(17)15-9-11-16(23)12-10-15/h4-12,14H,1,13H2,2-3H3,(H,25,28). The lowest BCUT2D eigenvalue weighted by Gasteiger charge is -2.10. The Morgan fingerprint density at radius 2 is 1.86 bits per heavy atom. The van der Waals surface area contributed by atoms with Crippen molar-refractivity contribution in [2.75, 3.05) is 6.54 Å². The Morgan fingerprint density at radius 1 is 1.18 bits per heavy atom. The van der Waals surface area contributed by atoms with Gasteiger partial charge in [0.05, 0.1) is 16.4 Å². The molecule has 0 aliphatic heterocycles. The van der Waals surface area contributed by atoms with Crippen LogP contribution >= 0.6 is 23.2 Å². The maximum absolute atomic E-state index is 12.8. The van der Waals surface area contributed by atoms with E-state index in [1.54, 1.807) is 29.0 Å². The van der Waals surface area contributed by atoms with E-state index in [4.69, 9.17) is 23.2 Å². The van der Waals surface area contributed by atoms with E-state index in [1.807, 2.05) is 44.2 Å². The highest BCUT2D eigenvalue weighted by Gasteiger charge is 2.24. The molecule has 28 heavy (non-hydrogen) atoms. The normalized spacial score (nSPS) is 10.9. The number of hydrogen-bond donors (Lipinski definition) is 1. The predicted molar refractivity (Wildman–Crippen MR) is 116 cm³/mol. The summed E-state index contributed by atoms with van der Waals surface area (Å²) in [4.78, 5) is 12.8. The Hall–Kier alpha value is -2.56. The maximum atomic E-state index is 12.8. The van der Waals surface area contributed by atoms with Gasteiger partial charge in [0.1, 0.15) is 0 Å². The van der Waals surface area contributed by atoms with Gasteiger partial charge >= 0.3 is 0 Å². The van der Waals surface area contributed by atoms with E-state index < -0.39 is 0 Å². The molecule has 0 atom stereocenters. The van der Waals surface area contributed by atoms with E-state index in [2.05, 4.69) is 17.0 Å². The zero-order chi connectivity index (χ0) is 20.3. The first-order valence-electron chi connectivity index (χ1n) is 8.97. The second-order valence-corrected chi connectivity index (χ2v) is 7.63. The molecular formula is C22H21Cl2N3O. The number of carbonyl (C=O) groups is 1. The molecule has 3 aromatic rings. The van der Waals surface area contributed by atoms with Crippen LogP contribution < -0.4 is 5.32 Å². The number of aromatic nitrogens is 2. The first-order valence-corrected chi connectivity index (χ1v) is 9.72. The van der Waals surface area contributed by atoms with Crippen LogP contribution in [0.25, 0.3) is 23.0 Å². The highest BCUT2D eigenvalue weighted by Crippen LogP contribution is 2.33. The molecule has 0 saturated heterocycles. The zero-order valence-corrected chi connectivity index (χ0v) is 17.3. The van der Waals surface area contributed by atoms with Gasteiger partial charge in [0.15, 0.2) is 5.69 Å². The average molecular weight is 414 g/mol. The highest BCUT2D eigenvalue weighted by atomic mass is 35.5. The van der Waals surface area contributed by atoms with Gasteiger partial charge < -0.3 is 5.32 Å². The summed E-state index contributed by atoms with van der Waals surface area (Å²) >= 11 is 12.5. The second-order valence-electron chi connectivity index (χ2n) is 6.79. The SMILES string of the molecule is C=Cc1c(C(=O)NCC(C)C)nn(-c2ccccc2Cl)c1-c1ccc(Cl)cc1. The fourth-order valence-corrected chi connectivity index (χ4v) is 3.20. The van der Waals surface area contributed by atoms with Gasteiger partial charge in [-0.25, -0.2) is 4.68 Å². The Kier molecular flexibility index (Phi) is 6.22. The van der Waals surface area contributed by atoms with E-state index in [0.29, 0.717) is 39.5 Å².